The summed E-state index contributed by atoms with van der Waals surface area (Å²) >= 11 is 3.50. The van der Waals surface area contributed by atoms with Gasteiger partial charge in [0.15, 0.2) is 0 Å². The lowest BCUT2D eigenvalue weighted by Crippen LogP contribution is -2.34. The van der Waals surface area contributed by atoms with Gasteiger partial charge in [-0.15, -0.1) is 0 Å². The van der Waals surface area contributed by atoms with Gasteiger partial charge in [-0.25, -0.2) is 0 Å². The van der Waals surface area contributed by atoms with Crippen molar-refractivity contribution >= 4 is 21.9 Å². The topological polar surface area (TPSA) is 40.5 Å². The molecule has 1 N–H and O–H groups in total. The lowest BCUT2D eigenvalue weighted by molar-refractivity contribution is -0.138. The van der Waals surface area contributed by atoms with Gasteiger partial charge in [-0.05, 0) is 23.6 Å². The molecule has 0 aromatic heterocycles. The van der Waals surface area contributed by atoms with Gasteiger partial charge in [0, 0.05) is 17.6 Å². The van der Waals surface area contributed by atoms with Gasteiger partial charge in [0.05, 0.1) is 6.54 Å². The number of carboxylic acid groups (broad SMARTS) is 1. The van der Waals surface area contributed by atoms with Gasteiger partial charge in [0.1, 0.15) is 0 Å². The Labute approximate surface area is 96.8 Å². The van der Waals surface area contributed by atoms with Crippen molar-refractivity contribution in [2.24, 2.45) is 0 Å². The van der Waals surface area contributed by atoms with Crippen LogP contribution in [0.15, 0.2) is 22.7 Å². The molecule has 0 fully saturated rings. The molecule has 0 saturated heterocycles. The summed E-state index contributed by atoms with van der Waals surface area (Å²) in [6.07, 6.45) is 0.933. The number of nitrogens with zero attached hydrogens (tertiary/aromatic N) is 1. The van der Waals surface area contributed by atoms with Crippen LogP contribution in [0.1, 0.15) is 11.1 Å². The van der Waals surface area contributed by atoms with E-state index in [1.165, 1.54) is 11.1 Å². The highest BCUT2D eigenvalue weighted by Gasteiger charge is 2.19. The highest BCUT2D eigenvalue weighted by molar-refractivity contribution is 9.10. The fourth-order valence-electron chi connectivity index (χ4n) is 1.92. The molecule has 1 aliphatic rings. The number of carboxylic acids is 1. The molecule has 3 nitrogen and oxygen atoms in total. The molecule has 0 radical (unpaired) electrons. The lowest BCUT2D eigenvalue weighted by Gasteiger charge is -2.27. The maximum Gasteiger partial charge on any atom is 0.317 e. The van der Waals surface area contributed by atoms with Crippen molar-refractivity contribution in [3.63, 3.8) is 0 Å². The van der Waals surface area contributed by atoms with E-state index in [2.05, 4.69) is 22.0 Å². The third-order valence-electron chi connectivity index (χ3n) is 2.65. The molecule has 0 bridgehead atoms. The molecule has 15 heavy (non-hydrogen) atoms. The SMILES string of the molecule is O=C(O)CN1CCc2cccc(Br)c2C1. The van der Waals surface area contributed by atoms with Crippen molar-refractivity contribution in [3.8, 4) is 0 Å². The second-order valence-electron chi connectivity index (χ2n) is 3.73. The zero-order valence-electron chi connectivity index (χ0n) is 8.24. The number of hydrogen-bond donors (Lipinski definition) is 1. The summed E-state index contributed by atoms with van der Waals surface area (Å²) in [5.74, 6) is -0.759. The quantitative estimate of drug-likeness (QED) is 0.892. The third-order valence-corrected chi connectivity index (χ3v) is 3.40. The number of fused-ring (bicyclic) bond motifs is 1. The molecule has 1 aromatic rings. The Kier molecular flexibility index (Phi) is 3.07. The molecular formula is C11H12BrNO2. The fourth-order valence-corrected chi connectivity index (χ4v) is 2.45. The first kappa shape index (κ1) is 10.6. The average molecular weight is 270 g/mol. The summed E-state index contributed by atoms with van der Waals surface area (Å²) in [6.45, 7) is 1.68. The number of halogens is 1. The minimum atomic E-state index is -0.759. The number of benzene rings is 1. The smallest absolute Gasteiger partial charge is 0.317 e. The van der Waals surface area contributed by atoms with Crippen LogP contribution in [0.4, 0.5) is 0 Å². The van der Waals surface area contributed by atoms with Crippen LogP contribution in [-0.4, -0.2) is 29.1 Å². The highest BCUT2D eigenvalue weighted by Crippen LogP contribution is 2.26. The minimum absolute atomic E-state index is 0.126. The van der Waals surface area contributed by atoms with Gasteiger partial charge in [-0.3, -0.25) is 9.69 Å². The third kappa shape index (κ3) is 2.38. The van der Waals surface area contributed by atoms with Crippen molar-refractivity contribution in [3.05, 3.63) is 33.8 Å². The van der Waals surface area contributed by atoms with Crippen LogP contribution >= 0.6 is 15.9 Å². The summed E-state index contributed by atoms with van der Waals surface area (Å²) in [4.78, 5) is 12.6. The number of carbonyl (C=O) groups is 1. The van der Waals surface area contributed by atoms with Gasteiger partial charge in [0.2, 0.25) is 0 Å². The fraction of sp³-hybridized carbons (Fsp3) is 0.364. The van der Waals surface area contributed by atoms with E-state index in [-0.39, 0.29) is 6.54 Å². The molecule has 2 rings (SSSR count). The van der Waals surface area contributed by atoms with E-state index in [9.17, 15) is 4.79 Å². The second-order valence-corrected chi connectivity index (χ2v) is 4.59. The van der Waals surface area contributed by atoms with Crippen LogP contribution in [0.25, 0.3) is 0 Å². The van der Waals surface area contributed by atoms with Crippen molar-refractivity contribution in [1.82, 2.24) is 4.90 Å². The van der Waals surface area contributed by atoms with E-state index in [0.29, 0.717) is 0 Å². The first-order valence-electron chi connectivity index (χ1n) is 4.87. The maximum atomic E-state index is 10.6. The van der Waals surface area contributed by atoms with Crippen molar-refractivity contribution in [2.45, 2.75) is 13.0 Å². The number of aliphatic carboxylic acids is 1. The Morgan fingerprint density at radius 2 is 2.33 bits per heavy atom. The van der Waals surface area contributed by atoms with E-state index >= 15 is 0 Å². The summed E-state index contributed by atoms with van der Waals surface area (Å²) < 4.78 is 1.08. The molecular weight excluding hydrogens is 258 g/mol. The number of rotatable bonds is 2. The van der Waals surface area contributed by atoms with E-state index in [1.807, 2.05) is 17.0 Å². The van der Waals surface area contributed by atoms with E-state index < -0.39 is 5.97 Å². The van der Waals surface area contributed by atoms with Crippen LogP contribution in [0.2, 0.25) is 0 Å². The van der Waals surface area contributed by atoms with Crippen molar-refractivity contribution in [2.75, 3.05) is 13.1 Å². The van der Waals surface area contributed by atoms with Crippen LogP contribution in [0.5, 0.6) is 0 Å². The van der Waals surface area contributed by atoms with Gasteiger partial charge in [-0.1, -0.05) is 28.1 Å². The van der Waals surface area contributed by atoms with Gasteiger partial charge < -0.3 is 5.11 Å². The maximum absolute atomic E-state index is 10.6. The molecule has 80 valence electrons. The van der Waals surface area contributed by atoms with Gasteiger partial charge in [0.25, 0.3) is 0 Å². The van der Waals surface area contributed by atoms with Crippen molar-refractivity contribution < 1.29 is 9.90 Å². The van der Waals surface area contributed by atoms with E-state index in [0.717, 1.165) is 24.0 Å². The Morgan fingerprint density at radius 3 is 3.07 bits per heavy atom. The molecule has 4 heteroatoms. The van der Waals surface area contributed by atoms with Crippen LogP contribution in [0, 0.1) is 0 Å². The number of hydrogen-bond acceptors (Lipinski definition) is 2. The largest absolute Gasteiger partial charge is 0.480 e. The Balaban J connectivity index is 2.18. The molecule has 0 saturated carbocycles. The van der Waals surface area contributed by atoms with Crippen LogP contribution in [-0.2, 0) is 17.8 Å². The predicted octanol–water partition coefficient (Wildman–Crippen LogP) is 1.89. The first-order valence-corrected chi connectivity index (χ1v) is 5.66. The van der Waals surface area contributed by atoms with E-state index in [4.69, 9.17) is 5.11 Å². The molecule has 0 aliphatic carbocycles. The summed E-state index contributed by atoms with van der Waals surface area (Å²) in [5.41, 5.74) is 2.55. The molecule has 0 amide bonds. The molecule has 0 unspecified atom stereocenters. The molecule has 0 atom stereocenters. The standard InChI is InChI=1S/C11H12BrNO2/c12-10-3-1-2-8-4-5-13(6-9(8)10)7-11(14)15/h1-3H,4-7H2,(H,14,15). The van der Waals surface area contributed by atoms with Gasteiger partial charge in [-0.2, -0.15) is 0 Å². The predicted molar refractivity (Wildman–Crippen MR) is 60.8 cm³/mol. The normalized spacial score (nSPS) is 16.1. The molecule has 1 aliphatic heterocycles. The molecule has 1 heterocycles. The minimum Gasteiger partial charge on any atom is -0.480 e. The Hall–Kier alpha value is -0.870. The highest BCUT2D eigenvalue weighted by atomic mass is 79.9. The van der Waals surface area contributed by atoms with Crippen molar-refractivity contribution in [1.29, 1.82) is 0 Å². The zero-order chi connectivity index (χ0) is 10.8. The Morgan fingerprint density at radius 1 is 1.53 bits per heavy atom. The second kappa shape index (κ2) is 4.33. The summed E-state index contributed by atoms with van der Waals surface area (Å²) in [6, 6.07) is 6.14. The zero-order valence-corrected chi connectivity index (χ0v) is 9.83. The summed E-state index contributed by atoms with van der Waals surface area (Å²) in [7, 11) is 0. The molecule has 1 aromatic carbocycles. The van der Waals surface area contributed by atoms with E-state index in [1.54, 1.807) is 0 Å². The lowest BCUT2D eigenvalue weighted by atomic mass is 10.00. The average Bonchev–Trinajstić information content (AvgIpc) is 2.18. The monoisotopic (exact) mass is 269 g/mol. The Bertz CT molecular complexity index is 392. The first-order chi connectivity index (χ1) is 7.16. The van der Waals surface area contributed by atoms with Crippen LogP contribution in [0.3, 0.4) is 0 Å². The molecule has 0 spiro atoms. The van der Waals surface area contributed by atoms with Crippen LogP contribution < -0.4 is 0 Å². The van der Waals surface area contributed by atoms with Gasteiger partial charge >= 0.3 is 5.97 Å². The summed E-state index contributed by atoms with van der Waals surface area (Å²) in [5, 5.41) is 8.73.